The molecule has 0 aliphatic rings. The molecule has 2 aromatic heterocycles. The summed E-state index contributed by atoms with van der Waals surface area (Å²) in [6.07, 6.45) is 0. The maximum atomic E-state index is 11.6. The highest BCUT2D eigenvalue weighted by Crippen LogP contribution is 2.19. The van der Waals surface area contributed by atoms with Crippen molar-refractivity contribution in [2.75, 3.05) is 0 Å². The largest absolute Gasteiger partial charge is 0.396 e. The molecule has 6 heteroatoms. The minimum Gasteiger partial charge on any atom is -0.241 e. The quantitative estimate of drug-likeness (QED) is 0.626. The molecule has 0 N–H and O–H groups in total. The van der Waals surface area contributed by atoms with Gasteiger partial charge in [-0.25, -0.2) is 19.4 Å². The molecule has 0 spiro atoms. The van der Waals surface area contributed by atoms with Crippen LogP contribution in [0.4, 0.5) is 0 Å². The van der Waals surface area contributed by atoms with Gasteiger partial charge in [0.05, 0.1) is 0 Å². The van der Waals surface area contributed by atoms with Crippen LogP contribution in [0.1, 0.15) is 30.5 Å². The molecular formula is C12H10O4S2. The smallest absolute Gasteiger partial charge is 0.241 e. The van der Waals surface area contributed by atoms with Crippen LogP contribution in [0.25, 0.3) is 0 Å². The molecule has 0 aliphatic heterocycles. The topological polar surface area (TPSA) is 52.6 Å². The zero-order valence-corrected chi connectivity index (χ0v) is 11.4. The molecule has 94 valence electrons. The average molecular weight is 282 g/mol. The second-order valence-electron chi connectivity index (χ2n) is 3.61. The second kappa shape index (κ2) is 5.32. The minimum atomic E-state index is -0.648. The first-order valence-corrected chi connectivity index (χ1v) is 6.87. The molecule has 0 radical (unpaired) electrons. The van der Waals surface area contributed by atoms with Crippen LogP contribution in [0.15, 0.2) is 22.9 Å². The molecule has 0 unspecified atom stereocenters. The van der Waals surface area contributed by atoms with Crippen LogP contribution in [0, 0.1) is 13.8 Å². The van der Waals surface area contributed by atoms with E-state index in [-0.39, 0.29) is 0 Å². The summed E-state index contributed by atoms with van der Waals surface area (Å²) in [6, 6.07) is 3.60. The molecule has 0 fully saturated rings. The van der Waals surface area contributed by atoms with E-state index < -0.39 is 11.9 Å². The summed E-state index contributed by atoms with van der Waals surface area (Å²) in [5, 5.41) is 3.55. The van der Waals surface area contributed by atoms with E-state index >= 15 is 0 Å². The number of hydrogen-bond acceptors (Lipinski definition) is 6. The molecule has 18 heavy (non-hydrogen) atoms. The van der Waals surface area contributed by atoms with Gasteiger partial charge in [0, 0.05) is 0 Å². The van der Waals surface area contributed by atoms with Crippen LogP contribution in [0.5, 0.6) is 0 Å². The molecule has 0 aromatic carbocycles. The molecule has 0 bridgehead atoms. The third kappa shape index (κ3) is 2.60. The lowest BCUT2D eigenvalue weighted by Gasteiger charge is -2.01. The number of rotatable bonds is 2. The Balaban J connectivity index is 1.97. The van der Waals surface area contributed by atoms with Gasteiger partial charge in [-0.2, -0.15) is 0 Å². The van der Waals surface area contributed by atoms with E-state index in [0.717, 1.165) is 11.1 Å². The van der Waals surface area contributed by atoms with Crippen LogP contribution >= 0.6 is 22.7 Å². The number of hydrogen-bond donors (Lipinski definition) is 0. The van der Waals surface area contributed by atoms with E-state index in [1.165, 1.54) is 22.7 Å². The van der Waals surface area contributed by atoms with Gasteiger partial charge >= 0.3 is 11.9 Å². The Morgan fingerprint density at radius 2 is 1.28 bits per heavy atom. The van der Waals surface area contributed by atoms with Crippen LogP contribution in [0.2, 0.25) is 0 Å². The Hall–Kier alpha value is -1.66. The molecule has 0 saturated carbocycles. The first kappa shape index (κ1) is 12.8. The van der Waals surface area contributed by atoms with Crippen molar-refractivity contribution < 1.29 is 19.4 Å². The number of thiophene rings is 2. The Kier molecular flexibility index (Phi) is 3.78. The molecular weight excluding hydrogens is 272 g/mol. The van der Waals surface area contributed by atoms with E-state index in [0.29, 0.717) is 9.75 Å². The molecule has 2 aromatic rings. The minimum absolute atomic E-state index is 0.436. The predicted molar refractivity (Wildman–Crippen MR) is 68.9 cm³/mol. The summed E-state index contributed by atoms with van der Waals surface area (Å²) in [6.45, 7) is 3.58. The fourth-order valence-electron chi connectivity index (χ4n) is 1.32. The van der Waals surface area contributed by atoms with Crippen molar-refractivity contribution in [2.45, 2.75) is 13.8 Å². The lowest BCUT2D eigenvalue weighted by molar-refractivity contribution is -0.187. The van der Waals surface area contributed by atoms with E-state index in [9.17, 15) is 9.59 Å². The van der Waals surface area contributed by atoms with Crippen molar-refractivity contribution in [1.82, 2.24) is 0 Å². The summed E-state index contributed by atoms with van der Waals surface area (Å²) >= 11 is 2.49. The Morgan fingerprint density at radius 1 is 0.889 bits per heavy atom. The van der Waals surface area contributed by atoms with Crippen molar-refractivity contribution in [3.8, 4) is 0 Å². The molecule has 0 atom stereocenters. The summed E-state index contributed by atoms with van der Waals surface area (Å²) in [5.74, 6) is -1.30. The van der Waals surface area contributed by atoms with Gasteiger partial charge in [0.15, 0.2) is 0 Å². The van der Waals surface area contributed by atoms with Gasteiger partial charge in [-0.05, 0) is 47.9 Å². The van der Waals surface area contributed by atoms with Gasteiger partial charge in [0.25, 0.3) is 0 Å². The van der Waals surface area contributed by atoms with E-state index in [2.05, 4.69) is 9.78 Å². The van der Waals surface area contributed by atoms with Crippen LogP contribution in [-0.2, 0) is 9.78 Å². The third-order valence-corrected chi connectivity index (χ3v) is 4.28. The van der Waals surface area contributed by atoms with Crippen molar-refractivity contribution in [2.24, 2.45) is 0 Å². The Morgan fingerprint density at radius 3 is 1.56 bits per heavy atom. The van der Waals surface area contributed by atoms with Crippen molar-refractivity contribution >= 4 is 34.6 Å². The molecule has 2 rings (SSSR count). The van der Waals surface area contributed by atoms with Gasteiger partial charge in [-0.3, -0.25) is 0 Å². The highest BCUT2D eigenvalue weighted by atomic mass is 32.1. The van der Waals surface area contributed by atoms with Gasteiger partial charge in [0.1, 0.15) is 9.75 Å². The van der Waals surface area contributed by atoms with Crippen LogP contribution in [-0.4, -0.2) is 11.9 Å². The summed E-state index contributed by atoms with van der Waals surface area (Å²) in [4.78, 5) is 33.1. The molecule has 2 heterocycles. The molecule has 0 amide bonds. The zero-order chi connectivity index (χ0) is 13.1. The first-order chi connectivity index (χ1) is 8.59. The van der Waals surface area contributed by atoms with Crippen LogP contribution in [0.3, 0.4) is 0 Å². The maximum Gasteiger partial charge on any atom is 0.396 e. The van der Waals surface area contributed by atoms with Crippen molar-refractivity contribution in [3.05, 3.63) is 43.8 Å². The Bertz CT molecular complexity index is 530. The fraction of sp³-hybridized carbons (Fsp3) is 0.167. The van der Waals surface area contributed by atoms with Crippen LogP contribution < -0.4 is 0 Å². The number of carbonyl (C=O) groups excluding carboxylic acids is 2. The predicted octanol–water partition coefficient (Wildman–Crippen LogP) is 3.36. The highest BCUT2D eigenvalue weighted by Gasteiger charge is 2.18. The third-order valence-electron chi connectivity index (χ3n) is 2.29. The first-order valence-electron chi connectivity index (χ1n) is 5.11. The van der Waals surface area contributed by atoms with E-state index in [1.807, 2.05) is 0 Å². The molecule has 4 nitrogen and oxygen atoms in total. The molecule has 0 aliphatic carbocycles. The van der Waals surface area contributed by atoms with Gasteiger partial charge in [0.2, 0.25) is 0 Å². The summed E-state index contributed by atoms with van der Waals surface area (Å²) < 4.78 is 0. The average Bonchev–Trinajstić information content (AvgIpc) is 2.94. The SMILES string of the molecule is Cc1ccsc1C(=O)OOC(=O)c1sccc1C. The zero-order valence-electron chi connectivity index (χ0n) is 9.76. The lowest BCUT2D eigenvalue weighted by Crippen LogP contribution is -2.11. The number of carbonyl (C=O) groups is 2. The summed E-state index contributed by atoms with van der Waals surface area (Å²) in [5.41, 5.74) is 1.60. The highest BCUT2D eigenvalue weighted by molar-refractivity contribution is 7.12. The standard InChI is InChI=1S/C12H10O4S2/c1-7-3-5-17-9(7)11(13)15-16-12(14)10-8(2)4-6-18-10/h3-6H,1-2H3. The lowest BCUT2D eigenvalue weighted by atomic mass is 10.3. The summed E-state index contributed by atoms with van der Waals surface area (Å²) in [7, 11) is 0. The van der Waals surface area contributed by atoms with Gasteiger partial charge in [-0.15, -0.1) is 22.7 Å². The second-order valence-corrected chi connectivity index (χ2v) is 5.44. The molecule has 0 saturated heterocycles. The Labute approximate surface area is 112 Å². The number of aryl methyl sites for hydroxylation is 2. The van der Waals surface area contributed by atoms with Crippen molar-refractivity contribution in [3.63, 3.8) is 0 Å². The van der Waals surface area contributed by atoms with Gasteiger partial charge in [-0.1, -0.05) is 0 Å². The monoisotopic (exact) mass is 282 g/mol. The van der Waals surface area contributed by atoms with E-state index in [1.54, 1.807) is 36.7 Å². The normalized spacial score (nSPS) is 10.1. The van der Waals surface area contributed by atoms with Gasteiger partial charge < -0.3 is 0 Å². The fourth-order valence-corrected chi connectivity index (χ4v) is 2.90. The van der Waals surface area contributed by atoms with E-state index in [4.69, 9.17) is 0 Å². The maximum absolute atomic E-state index is 11.6. The van der Waals surface area contributed by atoms with Crippen molar-refractivity contribution in [1.29, 1.82) is 0 Å².